The third-order valence-electron chi connectivity index (χ3n) is 2.05. The van der Waals surface area contributed by atoms with Crippen LogP contribution in [0.1, 0.15) is 25.5 Å². The van der Waals surface area contributed by atoms with Gasteiger partial charge in [0.1, 0.15) is 11.3 Å². The van der Waals surface area contributed by atoms with Crippen LogP contribution in [-0.4, -0.2) is 5.16 Å². The first-order chi connectivity index (χ1) is 6.18. The third-order valence-corrected chi connectivity index (χ3v) is 2.05. The second kappa shape index (κ2) is 2.76. The lowest BCUT2D eigenvalue weighted by Crippen LogP contribution is -1.86. The number of nitrogens with zero attached hydrogens (tertiary/aromatic N) is 1. The van der Waals surface area contributed by atoms with Gasteiger partial charge in [-0.1, -0.05) is 19.0 Å². The standard InChI is InChI=1S/C10H12N2O/c1-6(2)10-8-5-7(11)3-4-9(8)12-13-10/h3-6H,11H2,1-2H3. The van der Waals surface area contributed by atoms with Gasteiger partial charge in [0, 0.05) is 17.0 Å². The molecule has 0 bridgehead atoms. The molecule has 1 heterocycles. The number of hydrogen-bond acceptors (Lipinski definition) is 3. The summed E-state index contributed by atoms with van der Waals surface area (Å²) in [5.41, 5.74) is 7.30. The highest BCUT2D eigenvalue weighted by Crippen LogP contribution is 2.26. The van der Waals surface area contributed by atoms with Gasteiger partial charge in [-0.25, -0.2) is 0 Å². The van der Waals surface area contributed by atoms with Gasteiger partial charge in [-0.15, -0.1) is 0 Å². The number of aromatic nitrogens is 1. The SMILES string of the molecule is CC(C)c1onc2ccc(N)cc12. The van der Waals surface area contributed by atoms with Crippen LogP contribution in [0.5, 0.6) is 0 Å². The molecule has 2 aromatic rings. The van der Waals surface area contributed by atoms with Gasteiger partial charge in [-0.05, 0) is 18.2 Å². The molecule has 0 aliphatic rings. The van der Waals surface area contributed by atoms with E-state index in [-0.39, 0.29) is 0 Å². The molecular weight excluding hydrogens is 164 g/mol. The van der Waals surface area contributed by atoms with Gasteiger partial charge in [0.25, 0.3) is 0 Å². The first-order valence-corrected chi connectivity index (χ1v) is 4.33. The summed E-state index contributed by atoms with van der Waals surface area (Å²) >= 11 is 0. The predicted octanol–water partition coefficient (Wildman–Crippen LogP) is 2.53. The van der Waals surface area contributed by atoms with E-state index in [2.05, 4.69) is 19.0 Å². The van der Waals surface area contributed by atoms with Crippen molar-refractivity contribution < 1.29 is 4.52 Å². The van der Waals surface area contributed by atoms with Crippen LogP contribution in [-0.2, 0) is 0 Å². The molecule has 0 fully saturated rings. The summed E-state index contributed by atoms with van der Waals surface area (Å²) in [6.07, 6.45) is 0. The number of benzene rings is 1. The van der Waals surface area contributed by atoms with Crippen molar-refractivity contribution in [2.24, 2.45) is 0 Å². The Bertz CT molecular complexity index is 431. The summed E-state index contributed by atoms with van der Waals surface area (Å²) in [6.45, 7) is 4.15. The minimum absolute atomic E-state index is 0.340. The van der Waals surface area contributed by atoms with E-state index in [0.29, 0.717) is 5.92 Å². The number of rotatable bonds is 1. The van der Waals surface area contributed by atoms with Crippen molar-refractivity contribution in [3.63, 3.8) is 0 Å². The Labute approximate surface area is 76.5 Å². The van der Waals surface area contributed by atoms with Crippen LogP contribution < -0.4 is 5.73 Å². The number of anilines is 1. The minimum Gasteiger partial charge on any atom is -0.399 e. The Balaban J connectivity index is 2.71. The van der Waals surface area contributed by atoms with E-state index < -0.39 is 0 Å². The number of nitrogen functional groups attached to an aromatic ring is 1. The number of nitrogens with two attached hydrogens (primary N) is 1. The lowest BCUT2D eigenvalue weighted by atomic mass is 10.1. The highest BCUT2D eigenvalue weighted by molar-refractivity contribution is 5.83. The fourth-order valence-corrected chi connectivity index (χ4v) is 1.39. The van der Waals surface area contributed by atoms with Crippen molar-refractivity contribution in [2.45, 2.75) is 19.8 Å². The van der Waals surface area contributed by atoms with Crippen molar-refractivity contribution in [1.29, 1.82) is 0 Å². The normalized spacial score (nSPS) is 11.3. The summed E-state index contributed by atoms with van der Waals surface area (Å²) in [5, 5.41) is 4.97. The van der Waals surface area contributed by atoms with Gasteiger partial charge in [-0.2, -0.15) is 0 Å². The van der Waals surface area contributed by atoms with E-state index in [1.54, 1.807) is 0 Å². The maximum absolute atomic E-state index is 5.68. The van der Waals surface area contributed by atoms with Crippen LogP contribution in [0.2, 0.25) is 0 Å². The van der Waals surface area contributed by atoms with Gasteiger partial charge in [0.15, 0.2) is 0 Å². The monoisotopic (exact) mass is 176 g/mol. The van der Waals surface area contributed by atoms with E-state index in [9.17, 15) is 0 Å². The van der Waals surface area contributed by atoms with Gasteiger partial charge < -0.3 is 10.3 Å². The Morgan fingerprint density at radius 3 is 2.85 bits per heavy atom. The van der Waals surface area contributed by atoms with Crippen molar-refractivity contribution in [3.8, 4) is 0 Å². The summed E-state index contributed by atoms with van der Waals surface area (Å²) < 4.78 is 5.23. The topological polar surface area (TPSA) is 52.0 Å². The molecule has 0 aliphatic carbocycles. The van der Waals surface area contributed by atoms with E-state index in [4.69, 9.17) is 10.3 Å². The minimum atomic E-state index is 0.340. The Kier molecular flexibility index (Phi) is 1.72. The molecule has 0 saturated heterocycles. The molecule has 2 rings (SSSR count). The second-order valence-electron chi connectivity index (χ2n) is 3.48. The summed E-state index contributed by atoms with van der Waals surface area (Å²) in [4.78, 5) is 0. The Morgan fingerprint density at radius 2 is 2.15 bits per heavy atom. The fraction of sp³-hybridized carbons (Fsp3) is 0.300. The molecule has 0 aliphatic heterocycles. The first kappa shape index (κ1) is 8.10. The highest BCUT2D eigenvalue weighted by Gasteiger charge is 2.11. The Morgan fingerprint density at radius 1 is 1.38 bits per heavy atom. The van der Waals surface area contributed by atoms with E-state index in [0.717, 1.165) is 22.4 Å². The molecule has 13 heavy (non-hydrogen) atoms. The number of fused-ring (bicyclic) bond motifs is 1. The smallest absolute Gasteiger partial charge is 0.147 e. The first-order valence-electron chi connectivity index (χ1n) is 4.33. The maximum atomic E-state index is 5.68. The molecule has 0 amide bonds. The molecule has 2 N–H and O–H groups in total. The molecule has 3 heteroatoms. The molecule has 0 unspecified atom stereocenters. The molecule has 0 atom stereocenters. The zero-order valence-electron chi connectivity index (χ0n) is 7.74. The van der Waals surface area contributed by atoms with E-state index in [1.807, 2.05) is 18.2 Å². The molecule has 0 spiro atoms. The molecule has 0 radical (unpaired) electrons. The Hall–Kier alpha value is -1.51. The van der Waals surface area contributed by atoms with Crippen molar-refractivity contribution in [3.05, 3.63) is 24.0 Å². The van der Waals surface area contributed by atoms with E-state index >= 15 is 0 Å². The van der Waals surface area contributed by atoms with Crippen LogP contribution in [0.3, 0.4) is 0 Å². The zero-order chi connectivity index (χ0) is 9.42. The lowest BCUT2D eigenvalue weighted by Gasteiger charge is -1.98. The number of hydrogen-bond donors (Lipinski definition) is 1. The molecule has 68 valence electrons. The second-order valence-corrected chi connectivity index (χ2v) is 3.48. The van der Waals surface area contributed by atoms with Crippen LogP contribution in [0.25, 0.3) is 10.9 Å². The quantitative estimate of drug-likeness (QED) is 0.679. The lowest BCUT2D eigenvalue weighted by molar-refractivity contribution is 0.378. The summed E-state index contributed by atoms with van der Waals surface area (Å²) in [5.74, 6) is 1.24. The van der Waals surface area contributed by atoms with Gasteiger partial charge in [-0.3, -0.25) is 0 Å². The fourth-order valence-electron chi connectivity index (χ4n) is 1.39. The molecular formula is C10H12N2O. The van der Waals surface area contributed by atoms with Crippen LogP contribution in [0.15, 0.2) is 22.7 Å². The third kappa shape index (κ3) is 1.26. The van der Waals surface area contributed by atoms with Crippen molar-refractivity contribution in [2.75, 3.05) is 5.73 Å². The molecule has 3 nitrogen and oxygen atoms in total. The van der Waals surface area contributed by atoms with Gasteiger partial charge in [0.05, 0.1) is 0 Å². The van der Waals surface area contributed by atoms with Crippen LogP contribution >= 0.6 is 0 Å². The van der Waals surface area contributed by atoms with Gasteiger partial charge >= 0.3 is 0 Å². The molecule has 1 aromatic carbocycles. The average molecular weight is 176 g/mol. The summed E-state index contributed by atoms with van der Waals surface area (Å²) in [6, 6.07) is 5.61. The van der Waals surface area contributed by atoms with Crippen molar-refractivity contribution in [1.82, 2.24) is 5.16 Å². The molecule has 0 saturated carbocycles. The van der Waals surface area contributed by atoms with E-state index in [1.165, 1.54) is 0 Å². The highest BCUT2D eigenvalue weighted by atomic mass is 16.5. The maximum Gasteiger partial charge on any atom is 0.147 e. The molecule has 1 aromatic heterocycles. The average Bonchev–Trinajstić information content (AvgIpc) is 2.46. The van der Waals surface area contributed by atoms with Crippen LogP contribution in [0.4, 0.5) is 5.69 Å². The zero-order valence-corrected chi connectivity index (χ0v) is 7.74. The van der Waals surface area contributed by atoms with Gasteiger partial charge in [0.2, 0.25) is 0 Å². The predicted molar refractivity (Wildman–Crippen MR) is 52.5 cm³/mol. The van der Waals surface area contributed by atoms with Crippen molar-refractivity contribution >= 4 is 16.6 Å². The largest absolute Gasteiger partial charge is 0.399 e. The summed E-state index contributed by atoms with van der Waals surface area (Å²) in [7, 11) is 0. The van der Waals surface area contributed by atoms with Crippen LogP contribution in [0, 0.1) is 0 Å².